The zero-order chi connectivity index (χ0) is 22.9. The lowest BCUT2D eigenvalue weighted by molar-refractivity contribution is -0.139. The molecule has 4 unspecified atom stereocenters. The Morgan fingerprint density at radius 3 is 2.79 bits per heavy atom. The van der Waals surface area contributed by atoms with Gasteiger partial charge in [0, 0.05) is 23.9 Å². The second kappa shape index (κ2) is 9.27. The number of Topliss-reactive ketones (excluding diaryl/α,β-unsaturated/α-hetero) is 1. The van der Waals surface area contributed by atoms with Crippen molar-refractivity contribution in [2.24, 2.45) is 5.92 Å². The molecular weight excluding hydrogens is 444 g/mol. The van der Waals surface area contributed by atoms with Crippen LogP contribution in [0.25, 0.3) is 11.1 Å². The number of hydrogen-bond acceptors (Lipinski definition) is 5. The monoisotopic (exact) mass is 470 g/mol. The summed E-state index contributed by atoms with van der Waals surface area (Å²) in [5.74, 6) is -0.648. The minimum atomic E-state index is -0.702. The molecule has 174 valence electrons. The SMILES string of the molecule is O=C(NC(C(=O)N1CC(Cl)C2OCC(=O)C21)C1CCCCC1)c1cccc(-c2cn[nH]c2)c1. The Kier molecular flexibility index (Phi) is 6.21. The number of carbonyl (C=O) groups is 3. The maximum Gasteiger partial charge on any atom is 0.251 e. The molecule has 9 heteroatoms. The zero-order valence-corrected chi connectivity index (χ0v) is 19.0. The lowest BCUT2D eigenvalue weighted by atomic mass is 9.83. The van der Waals surface area contributed by atoms with E-state index in [4.69, 9.17) is 16.3 Å². The maximum absolute atomic E-state index is 13.7. The molecule has 2 aliphatic heterocycles. The fraction of sp³-hybridized carbons (Fsp3) is 0.500. The van der Waals surface area contributed by atoms with E-state index in [1.807, 2.05) is 12.1 Å². The van der Waals surface area contributed by atoms with Crippen LogP contribution in [0.1, 0.15) is 42.5 Å². The van der Waals surface area contributed by atoms with Crippen molar-refractivity contribution < 1.29 is 19.1 Å². The second-order valence-electron chi connectivity index (χ2n) is 9.11. The summed E-state index contributed by atoms with van der Waals surface area (Å²) in [4.78, 5) is 41.0. The number of benzene rings is 1. The van der Waals surface area contributed by atoms with Crippen LogP contribution in [0.2, 0.25) is 0 Å². The number of halogens is 1. The van der Waals surface area contributed by atoms with Crippen LogP contribution in [0, 0.1) is 5.92 Å². The predicted octanol–water partition coefficient (Wildman–Crippen LogP) is 2.54. The summed E-state index contributed by atoms with van der Waals surface area (Å²) in [5.41, 5.74) is 2.20. The third kappa shape index (κ3) is 4.29. The smallest absolute Gasteiger partial charge is 0.251 e. The molecule has 2 N–H and O–H groups in total. The molecule has 33 heavy (non-hydrogen) atoms. The highest BCUT2D eigenvalue weighted by Gasteiger charge is 2.53. The number of aromatic nitrogens is 2. The Labute approximate surface area is 197 Å². The molecule has 0 bridgehead atoms. The molecule has 2 saturated heterocycles. The van der Waals surface area contributed by atoms with Gasteiger partial charge in [0.25, 0.3) is 5.91 Å². The molecule has 3 fully saturated rings. The molecule has 3 aliphatic rings. The van der Waals surface area contributed by atoms with Crippen molar-refractivity contribution in [2.75, 3.05) is 13.2 Å². The van der Waals surface area contributed by atoms with Gasteiger partial charge in [-0.25, -0.2) is 0 Å². The molecule has 5 rings (SSSR count). The van der Waals surface area contributed by atoms with Crippen LogP contribution in [0.3, 0.4) is 0 Å². The quantitative estimate of drug-likeness (QED) is 0.653. The number of alkyl halides is 1. The van der Waals surface area contributed by atoms with Crippen LogP contribution in [0.15, 0.2) is 36.7 Å². The van der Waals surface area contributed by atoms with Gasteiger partial charge < -0.3 is 15.0 Å². The molecule has 8 nitrogen and oxygen atoms in total. The van der Waals surface area contributed by atoms with Gasteiger partial charge >= 0.3 is 0 Å². The molecule has 1 aromatic carbocycles. The van der Waals surface area contributed by atoms with Gasteiger partial charge in [0.2, 0.25) is 5.91 Å². The van der Waals surface area contributed by atoms with Crippen LogP contribution in [-0.2, 0) is 14.3 Å². The van der Waals surface area contributed by atoms with Gasteiger partial charge in [-0.1, -0.05) is 31.4 Å². The molecule has 1 aromatic heterocycles. The van der Waals surface area contributed by atoms with E-state index >= 15 is 0 Å². The number of fused-ring (bicyclic) bond motifs is 1. The van der Waals surface area contributed by atoms with E-state index in [-0.39, 0.29) is 36.7 Å². The van der Waals surface area contributed by atoms with Crippen molar-refractivity contribution in [3.05, 3.63) is 42.2 Å². The van der Waals surface area contributed by atoms with Crippen LogP contribution >= 0.6 is 11.6 Å². The topological polar surface area (TPSA) is 104 Å². The Hall–Kier alpha value is -2.71. The predicted molar refractivity (Wildman–Crippen MR) is 122 cm³/mol. The van der Waals surface area contributed by atoms with Crippen molar-refractivity contribution in [2.45, 2.75) is 55.7 Å². The van der Waals surface area contributed by atoms with Crippen LogP contribution in [0.4, 0.5) is 0 Å². The van der Waals surface area contributed by atoms with Crippen molar-refractivity contribution >= 4 is 29.2 Å². The summed E-state index contributed by atoms with van der Waals surface area (Å²) in [6.07, 6.45) is 7.88. The van der Waals surface area contributed by atoms with Crippen molar-refractivity contribution in [1.29, 1.82) is 0 Å². The Morgan fingerprint density at radius 2 is 2.03 bits per heavy atom. The molecule has 1 saturated carbocycles. The highest BCUT2D eigenvalue weighted by atomic mass is 35.5. The minimum absolute atomic E-state index is 0.0242. The lowest BCUT2D eigenvalue weighted by Gasteiger charge is -2.34. The van der Waals surface area contributed by atoms with Crippen LogP contribution < -0.4 is 5.32 Å². The number of amides is 2. The summed E-state index contributed by atoms with van der Waals surface area (Å²) in [5, 5.41) is 9.32. The Bertz CT molecular complexity index is 1040. The van der Waals surface area contributed by atoms with Crippen molar-refractivity contribution in [3.8, 4) is 11.1 Å². The van der Waals surface area contributed by atoms with E-state index in [0.29, 0.717) is 5.56 Å². The number of hydrogen-bond donors (Lipinski definition) is 2. The molecular formula is C24H27ClN4O4. The van der Waals surface area contributed by atoms with E-state index in [9.17, 15) is 14.4 Å². The van der Waals surface area contributed by atoms with Crippen LogP contribution in [-0.4, -0.2) is 69.4 Å². The number of ketones is 1. The number of carbonyl (C=O) groups excluding carboxylic acids is 3. The number of aromatic amines is 1. The third-order valence-corrected chi connectivity index (χ3v) is 7.42. The first-order valence-electron chi connectivity index (χ1n) is 11.5. The highest BCUT2D eigenvalue weighted by molar-refractivity contribution is 6.22. The summed E-state index contributed by atoms with van der Waals surface area (Å²) in [6.45, 7) is 0.222. The van der Waals surface area contributed by atoms with Gasteiger partial charge in [-0.05, 0) is 36.5 Å². The van der Waals surface area contributed by atoms with Gasteiger partial charge in [0.1, 0.15) is 24.8 Å². The summed E-state index contributed by atoms with van der Waals surface area (Å²) in [6, 6.07) is 5.88. The number of likely N-dealkylation sites (tertiary alicyclic amines) is 1. The standard InChI is InChI=1S/C24H27ClN4O4/c25-18-12-29(21-19(30)13-33-22(18)21)24(32)20(14-5-2-1-3-6-14)28-23(31)16-8-4-7-15(9-16)17-10-26-27-11-17/h4,7-11,14,18,20-22H,1-3,5-6,12-13H2,(H,26,27)(H,28,31). The average molecular weight is 471 g/mol. The second-order valence-corrected chi connectivity index (χ2v) is 9.67. The summed E-state index contributed by atoms with van der Waals surface area (Å²) < 4.78 is 5.54. The van der Waals surface area contributed by atoms with E-state index in [2.05, 4.69) is 15.5 Å². The van der Waals surface area contributed by atoms with E-state index in [1.54, 1.807) is 29.4 Å². The summed E-state index contributed by atoms with van der Waals surface area (Å²) in [7, 11) is 0. The molecule has 1 aliphatic carbocycles. The molecule has 2 aromatic rings. The third-order valence-electron chi connectivity index (χ3n) is 7.04. The summed E-state index contributed by atoms with van der Waals surface area (Å²) >= 11 is 6.41. The lowest BCUT2D eigenvalue weighted by Crippen LogP contribution is -2.55. The number of H-pyrrole nitrogens is 1. The van der Waals surface area contributed by atoms with Gasteiger partial charge in [0.15, 0.2) is 5.78 Å². The Balaban J connectivity index is 1.39. The number of nitrogens with zero attached hydrogens (tertiary/aromatic N) is 2. The largest absolute Gasteiger partial charge is 0.366 e. The van der Waals surface area contributed by atoms with Crippen molar-refractivity contribution in [1.82, 2.24) is 20.4 Å². The zero-order valence-electron chi connectivity index (χ0n) is 18.2. The van der Waals surface area contributed by atoms with Gasteiger partial charge in [-0.3, -0.25) is 19.5 Å². The first-order valence-corrected chi connectivity index (χ1v) is 12.0. The highest BCUT2D eigenvalue weighted by Crippen LogP contribution is 2.34. The van der Waals surface area contributed by atoms with Gasteiger partial charge in [0.05, 0.1) is 11.6 Å². The fourth-order valence-corrected chi connectivity index (χ4v) is 5.68. The minimum Gasteiger partial charge on any atom is -0.366 e. The molecule has 0 spiro atoms. The van der Waals surface area contributed by atoms with Gasteiger partial charge in [-0.2, -0.15) is 5.10 Å². The number of rotatable bonds is 5. The Morgan fingerprint density at radius 1 is 1.21 bits per heavy atom. The molecule has 3 heterocycles. The number of ether oxygens (including phenoxy) is 1. The number of nitrogens with one attached hydrogen (secondary N) is 2. The average Bonchev–Trinajstić information content (AvgIpc) is 3.58. The van der Waals surface area contributed by atoms with E-state index < -0.39 is 23.6 Å². The van der Waals surface area contributed by atoms with Crippen molar-refractivity contribution in [3.63, 3.8) is 0 Å². The fourth-order valence-electron chi connectivity index (χ4n) is 5.32. The normalized spacial score (nSPS) is 26.3. The first kappa shape index (κ1) is 22.1. The maximum atomic E-state index is 13.7. The molecule has 4 atom stereocenters. The van der Waals surface area contributed by atoms with Crippen LogP contribution in [0.5, 0.6) is 0 Å². The van der Waals surface area contributed by atoms with E-state index in [0.717, 1.165) is 43.2 Å². The van der Waals surface area contributed by atoms with E-state index in [1.165, 1.54) is 0 Å². The molecule has 2 amide bonds. The first-order chi connectivity index (χ1) is 16.0. The molecule has 0 radical (unpaired) electrons. The van der Waals surface area contributed by atoms with Gasteiger partial charge in [-0.15, -0.1) is 11.6 Å².